The summed E-state index contributed by atoms with van der Waals surface area (Å²) in [5, 5.41) is 20.2. The van der Waals surface area contributed by atoms with Crippen molar-refractivity contribution in [1.29, 1.82) is 0 Å². The van der Waals surface area contributed by atoms with Crippen LogP contribution in [0.15, 0.2) is 17.4 Å². The number of guanidine groups is 1. The van der Waals surface area contributed by atoms with E-state index in [1.54, 1.807) is 0 Å². The summed E-state index contributed by atoms with van der Waals surface area (Å²) in [5.41, 5.74) is 1.31. The summed E-state index contributed by atoms with van der Waals surface area (Å²) in [5.74, 6) is 0.848. The van der Waals surface area contributed by atoms with E-state index in [0.717, 1.165) is 51.3 Å². The van der Waals surface area contributed by atoms with Crippen molar-refractivity contribution >= 4 is 5.96 Å². The standard InChI is InChI=1S/C17H33N5O/c1-5-17(6-2,9-11-23)14-20-16(18-7-3)19-10-8-15-12-21-22(4)13-15/h12-13,23H,5-11,14H2,1-4H3,(H2,18,19,20). The smallest absolute Gasteiger partial charge is 0.191 e. The van der Waals surface area contributed by atoms with Gasteiger partial charge in [-0.25, -0.2) is 0 Å². The van der Waals surface area contributed by atoms with Crippen molar-refractivity contribution in [2.75, 3.05) is 26.2 Å². The van der Waals surface area contributed by atoms with Gasteiger partial charge in [0.1, 0.15) is 0 Å². The first-order chi connectivity index (χ1) is 11.1. The van der Waals surface area contributed by atoms with Crippen LogP contribution in [0.25, 0.3) is 0 Å². The summed E-state index contributed by atoms with van der Waals surface area (Å²) < 4.78 is 1.82. The van der Waals surface area contributed by atoms with Gasteiger partial charge in [0, 0.05) is 39.5 Å². The zero-order chi connectivity index (χ0) is 17.1. The van der Waals surface area contributed by atoms with Gasteiger partial charge < -0.3 is 15.7 Å². The molecule has 23 heavy (non-hydrogen) atoms. The Bertz CT molecular complexity index is 465. The van der Waals surface area contributed by atoms with Gasteiger partial charge in [-0.1, -0.05) is 13.8 Å². The number of aliphatic imine (C=N–C) groups is 1. The molecule has 0 spiro atoms. The van der Waals surface area contributed by atoms with E-state index in [9.17, 15) is 5.11 Å². The third-order valence-electron chi connectivity index (χ3n) is 4.52. The molecule has 0 aliphatic rings. The summed E-state index contributed by atoms with van der Waals surface area (Å²) in [7, 11) is 1.93. The van der Waals surface area contributed by atoms with Crippen LogP contribution >= 0.6 is 0 Å². The number of nitrogens with zero attached hydrogens (tertiary/aromatic N) is 3. The minimum Gasteiger partial charge on any atom is -0.396 e. The number of hydrogen-bond donors (Lipinski definition) is 3. The lowest BCUT2D eigenvalue weighted by Gasteiger charge is -2.29. The number of hydrogen-bond acceptors (Lipinski definition) is 3. The molecule has 132 valence electrons. The monoisotopic (exact) mass is 323 g/mol. The molecule has 0 aliphatic heterocycles. The van der Waals surface area contributed by atoms with Gasteiger partial charge in [-0.05, 0) is 43.6 Å². The van der Waals surface area contributed by atoms with Crippen molar-refractivity contribution in [2.24, 2.45) is 17.5 Å². The van der Waals surface area contributed by atoms with Gasteiger partial charge >= 0.3 is 0 Å². The van der Waals surface area contributed by atoms with Crippen molar-refractivity contribution < 1.29 is 5.11 Å². The Balaban J connectivity index is 2.57. The van der Waals surface area contributed by atoms with E-state index in [1.165, 1.54) is 5.56 Å². The Hall–Kier alpha value is -1.56. The van der Waals surface area contributed by atoms with Crippen LogP contribution in [-0.2, 0) is 13.5 Å². The third kappa shape index (κ3) is 6.60. The van der Waals surface area contributed by atoms with Crippen LogP contribution in [0.3, 0.4) is 0 Å². The zero-order valence-corrected chi connectivity index (χ0v) is 15.1. The van der Waals surface area contributed by atoms with Crippen LogP contribution in [0.5, 0.6) is 0 Å². The number of nitrogens with one attached hydrogen (secondary N) is 2. The number of aryl methyl sites for hydroxylation is 1. The van der Waals surface area contributed by atoms with Crippen LogP contribution in [0.2, 0.25) is 0 Å². The van der Waals surface area contributed by atoms with E-state index < -0.39 is 0 Å². The molecule has 0 amide bonds. The lowest BCUT2D eigenvalue weighted by molar-refractivity contribution is 0.175. The average molecular weight is 323 g/mol. The molecule has 0 saturated heterocycles. The highest BCUT2D eigenvalue weighted by Gasteiger charge is 2.25. The van der Waals surface area contributed by atoms with E-state index in [0.29, 0.717) is 0 Å². The van der Waals surface area contributed by atoms with Crippen molar-refractivity contribution in [3.8, 4) is 0 Å². The predicted molar refractivity (Wildman–Crippen MR) is 95.6 cm³/mol. The molecule has 0 fully saturated rings. The summed E-state index contributed by atoms with van der Waals surface area (Å²) in [6, 6.07) is 0. The molecular weight excluding hydrogens is 290 g/mol. The third-order valence-corrected chi connectivity index (χ3v) is 4.52. The first-order valence-electron chi connectivity index (χ1n) is 8.69. The molecule has 1 heterocycles. The van der Waals surface area contributed by atoms with Gasteiger partial charge in [-0.2, -0.15) is 5.10 Å². The van der Waals surface area contributed by atoms with Crippen LogP contribution in [0.4, 0.5) is 0 Å². The van der Waals surface area contributed by atoms with Gasteiger partial charge in [0.05, 0.1) is 6.20 Å². The Morgan fingerprint density at radius 2 is 2.04 bits per heavy atom. The molecule has 0 radical (unpaired) electrons. The fourth-order valence-electron chi connectivity index (χ4n) is 2.66. The Morgan fingerprint density at radius 1 is 1.30 bits per heavy atom. The minimum absolute atomic E-state index is 0.0977. The van der Waals surface area contributed by atoms with E-state index in [2.05, 4.69) is 36.5 Å². The second-order valence-electron chi connectivity index (χ2n) is 6.07. The molecule has 0 saturated carbocycles. The van der Waals surface area contributed by atoms with E-state index in [4.69, 9.17) is 4.99 Å². The van der Waals surface area contributed by atoms with E-state index >= 15 is 0 Å². The Kier molecular flexibility index (Phi) is 8.69. The first kappa shape index (κ1) is 19.5. The summed E-state index contributed by atoms with van der Waals surface area (Å²) in [4.78, 5) is 4.75. The highest BCUT2D eigenvalue weighted by molar-refractivity contribution is 5.79. The van der Waals surface area contributed by atoms with E-state index in [1.807, 2.05) is 24.1 Å². The molecule has 0 unspecified atom stereocenters. The molecule has 1 rings (SSSR count). The zero-order valence-electron chi connectivity index (χ0n) is 15.1. The molecular formula is C17H33N5O. The topological polar surface area (TPSA) is 74.5 Å². The number of aliphatic hydroxyl groups is 1. The lowest BCUT2D eigenvalue weighted by Crippen LogP contribution is -2.39. The van der Waals surface area contributed by atoms with E-state index in [-0.39, 0.29) is 12.0 Å². The van der Waals surface area contributed by atoms with Crippen LogP contribution < -0.4 is 10.6 Å². The maximum Gasteiger partial charge on any atom is 0.191 e. The van der Waals surface area contributed by atoms with Crippen LogP contribution in [0.1, 0.15) is 45.6 Å². The second kappa shape index (κ2) is 10.3. The van der Waals surface area contributed by atoms with Gasteiger partial charge in [0.15, 0.2) is 5.96 Å². The number of aromatic nitrogens is 2. The average Bonchev–Trinajstić information content (AvgIpc) is 2.96. The SMILES string of the molecule is CCNC(=NCC(CC)(CC)CCO)NCCc1cnn(C)c1. The fourth-order valence-corrected chi connectivity index (χ4v) is 2.66. The van der Waals surface area contributed by atoms with Crippen molar-refractivity contribution in [3.63, 3.8) is 0 Å². The summed E-state index contributed by atoms with van der Waals surface area (Å²) in [6.45, 7) is 9.05. The molecule has 0 aliphatic carbocycles. The highest BCUT2D eigenvalue weighted by Crippen LogP contribution is 2.30. The lowest BCUT2D eigenvalue weighted by atomic mass is 9.79. The fraction of sp³-hybridized carbons (Fsp3) is 0.765. The molecule has 3 N–H and O–H groups in total. The maximum absolute atomic E-state index is 9.31. The predicted octanol–water partition coefficient (Wildman–Crippen LogP) is 1.71. The molecule has 0 atom stereocenters. The Labute approximate surface area is 140 Å². The Morgan fingerprint density at radius 3 is 2.57 bits per heavy atom. The second-order valence-corrected chi connectivity index (χ2v) is 6.07. The number of aliphatic hydroxyl groups excluding tert-OH is 1. The molecule has 0 aromatic carbocycles. The summed E-state index contributed by atoms with van der Waals surface area (Å²) >= 11 is 0. The summed E-state index contributed by atoms with van der Waals surface area (Å²) in [6.07, 6.45) is 7.71. The van der Waals surface area contributed by atoms with Gasteiger partial charge in [0.2, 0.25) is 0 Å². The molecule has 1 aromatic rings. The van der Waals surface area contributed by atoms with Crippen molar-refractivity contribution in [2.45, 2.75) is 46.5 Å². The quantitative estimate of drug-likeness (QED) is 0.453. The molecule has 6 heteroatoms. The van der Waals surface area contributed by atoms with Crippen LogP contribution in [0, 0.1) is 5.41 Å². The largest absolute Gasteiger partial charge is 0.396 e. The van der Waals surface area contributed by atoms with Gasteiger partial charge in [0.25, 0.3) is 0 Å². The first-order valence-corrected chi connectivity index (χ1v) is 8.69. The van der Waals surface area contributed by atoms with Gasteiger partial charge in [-0.3, -0.25) is 9.67 Å². The maximum atomic E-state index is 9.31. The van der Waals surface area contributed by atoms with Crippen LogP contribution in [-0.4, -0.2) is 47.1 Å². The highest BCUT2D eigenvalue weighted by atomic mass is 16.3. The number of rotatable bonds is 10. The molecule has 1 aromatic heterocycles. The van der Waals surface area contributed by atoms with Crippen molar-refractivity contribution in [1.82, 2.24) is 20.4 Å². The van der Waals surface area contributed by atoms with Crippen molar-refractivity contribution in [3.05, 3.63) is 18.0 Å². The molecule has 0 bridgehead atoms. The molecule has 6 nitrogen and oxygen atoms in total. The minimum atomic E-state index is 0.0977. The van der Waals surface area contributed by atoms with Gasteiger partial charge in [-0.15, -0.1) is 0 Å². The normalized spacial score (nSPS) is 12.5.